The smallest absolute Gasteiger partial charge is 0.251 e. The number of rotatable bonds is 7. The van der Waals surface area contributed by atoms with E-state index in [0.29, 0.717) is 15.6 Å². The zero-order valence-electron chi connectivity index (χ0n) is 17.2. The van der Waals surface area contributed by atoms with Crippen molar-refractivity contribution in [1.82, 2.24) is 15.5 Å². The van der Waals surface area contributed by atoms with Gasteiger partial charge in [0.25, 0.3) is 5.91 Å². The van der Waals surface area contributed by atoms with Crippen LogP contribution in [0.4, 0.5) is 0 Å². The standard InChI is InChI=1S/C23H26BrCl2N3O2/c24-19-11-15(1-4-22(19)31-18-5-8-27-13-18)6-9-29-10-7-17(14-29)28-23(30)16-2-3-20(25)21(26)12-16/h1-4,11-12,17-18,27H,5-10,13-14H2,(H,28,30)/t17-,18-/m0/s1. The van der Waals surface area contributed by atoms with Crippen LogP contribution in [0.3, 0.4) is 0 Å². The molecule has 0 spiro atoms. The topological polar surface area (TPSA) is 53.6 Å². The fourth-order valence-corrected chi connectivity index (χ4v) is 4.87. The molecular formula is C23H26BrCl2N3O2. The maximum absolute atomic E-state index is 12.5. The fraction of sp³-hybridized carbons (Fsp3) is 0.435. The van der Waals surface area contributed by atoms with Gasteiger partial charge < -0.3 is 20.3 Å². The molecule has 0 saturated carbocycles. The largest absolute Gasteiger partial charge is 0.488 e. The van der Waals surface area contributed by atoms with Gasteiger partial charge >= 0.3 is 0 Å². The highest BCUT2D eigenvalue weighted by Gasteiger charge is 2.24. The summed E-state index contributed by atoms with van der Waals surface area (Å²) in [6.45, 7) is 4.71. The first-order valence-corrected chi connectivity index (χ1v) is 12.2. The fourth-order valence-electron chi connectivity index (χ4n) is 4.05. The van der Waals surface area contributed by atoms with Gasteiger partial charge in [0, 0.05) is 37.8 Å². The number of hydrogen-bond acceptors (Lipinski definition) is 4. The Bertz CT molecular complexity index is 937. The van der Waals surface area contributed by atoms with Gasteiger partial charge in [0.2, 0.25) is 0 Å². The van der Waals surface area contributed by atoms with Gasteiger partial charge in [-0.15, -0.1) is 0 Å². The van der Waals surface area contributed by atoms with Gasteiger partial charge in [-0.05, 0) is 77.6 Å². The average Bonchev–Trinajstić information content (AvgIpc) is 3.42. The first-order chi connectivity index (χ1) is 15.0. The molecule has 5 nitrogen and oxygen atoms in total. The molecule has 8 heteroatoms. The molecule has 166 valence electrons. The molecule has 2 atom stereocenters. The summed E-state index contributed by atoms with van der Waals surface area (Å²) in [5.74, 6) is 0.797. The molecule has 2 aromatic carbocycles. The van der Waals surface area contributed by atoms with Crippen LogP contribution in [0.1, 0.15) is 28.8 Å². The summed E-state index contributed by atoms with van der Waals surface area (Å²) in [5.41, 5.74) is 1.81. The lowest BCUT2D eigenvalue weighted by molar-refractivity contribution is 0.0938. The molecule has 4 rings (SSSR count). The van der Waals surface area contributed by atoms with Gasteiger partial charge in [-0.1, -0.05) is 29.3 Å². The van der Waals surface area contributed by atoms with E-state index >= 15 is 0 Å². The van der Waals surface area contributed by atoms with Gasteiger partial charge in [-0.25, -0.2) is 0 Å². The molecule has 2 saturated heterocycles. The minimum absolute atomic E-state index is 0.109. The summed E-state index contributed by atoms with van der Waals surface area (Å²) >= 11 is 15.6. The quantitative estimate of drug-likeness (QED) is 0.556. The second-order valence-corrected chi connectivity index (χ2v) is 9.80. The Hall–Kier alpha value is -1.31. The second kappa shape index (κ2) is 10.5. The van der Waals surface area contributed by atoms with Gasteiger partial charge in [-0.3, -0.25) is 4.79 Å². The van der Waals surface area contributed by atoms with Crippen molar-refractivity contribution >= 4 is 45.0 Å². The van der Waals surface area contributed by atoms with E-state index in [0.717, 1.165) is 62.2 Å². The van der Waals surface area contributed by atoms with Crippen LogP contribution in [0.5, 0.6) is 5.75 Å². The van der Waals surface area contributed by atoms with E-state index in [1.807, 2.05) is 0 Å². The van der Waals surface area contributed by atoms with Crippen LogP contribution in [0.15, 0.2) is 40.9 Å². The Morgan fingerprint density at radius 2 is 2.06 bits per heavy atom. The van der Waals surface area contributed by atoms with E-state index in [4.69, 9.17) is 27.9 Å². The average molecular weight is 527 g/mol. The number of nitrogens with zero attached hydrogens (tertiary/aromatic N) is 1. The molecule has 1 amide bonds. The van der Waals surface area contributed by atoms with E-state index in [2.05, 4.69) is 49.7 Å². The zero-order valence-corrected chi connectivity index (χ0v) is 20.3. The molecule has 2 aliphatic rings. The number of carbonyl (C=O) groups is 1. The molecule has 0 aliphatic carbocycles. The highest BCUT2D eigenvalue weighted by molar-refractivity contribution is 9.10. The van der Waals surface area contributed by atoms with Crippen molar-refractivity contribution in [3.8, 4) is 5.75 Å². The van der Waals surface area contributed by atoms with Crippen molar-refractivity contribution in [3.63, 3.8) is 0 Å². The van der Waals surface area contributed by atoms with Crippen LogP contribution in [-0.4, -0.2) is 55.7 Å². The summed E-state index contributed by atoms with van der Waals surface area (Å²) < 4.78 is 7.07. The maximum atomic E-state index is 12.5. The van der Waals surface area contributed by atoms with Crippen LogP contribution in [0, 0.1) is 0 Å². The predicted molar refractivity (Wildman–Crippen MR) is 129 cm³/mol. The van der Waals surface area contributed by atoms with Gasteiger partial charge in [0.1, 0.15) is 11.9 Å². The third kappa shape index (κ3) is 6.14. The lowest BCUT2D eigenvalue weighted by Gasteiger charge is -2.18. The van der Waals surface area contributed by atoms with Crippen LogP contribution in [0.25, 0.3) is 0 Å². The number of benzene rings is 2. The van der Waals surface area contributed by atoms with Gasteiger partial charge in [-0.2, -0.15) is 0 Å². The highest BCUT2D eigenvalue weighted by Crippen LogP contribution is 2.28. The van der Waals surface area contributed by atoms with Gasteiger partial charge in [0.05, 0.1) is 14.5 Å². The summed E-state index contributed by atoms with van der Waals surface area (Å²) in [7, 11) is 0. The molecule has 2 aromatic rings. The van der Waals surface area contributed by atoms with E-state index in [-0.39, 0.29) is 18.1 Å². The summed E-state index contributed by atoms with van der Waals surface area (Å²) in [6, 6.07) is 11.5. The van der Waals surface area contributed by atoms with Crippen LogP contribution in [-0.2, 0) is 6.42 Å². The molecule has 2 heterocycles. The first-order valence-electron chi connectivity index (χ1n) is 10.6. The highest BCUT2D eigenvalue weighted by atomic mass is 79.9. The molecular weight excluding hydrogens is 501 g/mol. The summed E-state index contributed by atoms with van der Waals surface area (Å²) in [5, 5.41) is 7.27. The number of hydrogen-bond donors (Lipinski definition) is 2. The molecule has 0 aromatic heterocycles. The SMILES string of the molecule is O=C(N[C@H]1CCN(CCc2ccc(O[C@H]3CCNC3)c(Br)c2)C1)c1ccc(Cl)c(Cl)c1. The van der Waals surface area contributed by atoms with E-state index in [1.54, 1.807) is 18.2 Å². The van der Waals surface area contributed by atoms with Crippen molar-refractivity contribution < 1.29 is 9.53 Å². The lowest BCUT2D eigenvalue weighted by atomic mass is 10.1. The Balaban J connectivity index is 1.24. The number of likely N-dealkylation sites (tertiary alicyclic amines) is 1. The van der Waals surface area contributed by atoms with Crippen molar-refractivity contribution in [1.29, 1.82) is 0 Å². The number of ether oxygens (including phenoxy) is 1. The minimum Gasteiger partial charge on any atom is -0.488 e. The van der Waals surface area contributed by atoms with Crippen molar-refractivity contribution in [3.05, 3.63) is 62.0 Å². The molecule has 0 radical (unpaired) electrons. The minimum atomic E-state index is -0.109. The molecule has 2 N–H and O–H groups in total. The molecule has 2 fully saturated rings. The van der Waals surface area contributed by atoms with Crippen LogP contribution >= 0.6 is 39.1 Å². The first kappa shape index (κ1) is 22.9. The van der Waals surface area contributed by atoms with Crippen LogP contribution < -0.4 is 15.4 Å². The Labute approximate surface area is 201 Å². The van der Waals surface area contributed by atoms with Crippen LogP contribution in [0.2, 0.25) is 10.0 Å². The van der Waals surface area contributed by atoms with E-state index in [9.17, 15) is 4.79 Å². The number of nitrogens with one attached hydrogen (secondary N) is 2. The van der Waals surface area contributed by atoms with E-state index in [1.165, 1.54) is 5.56 Å². The third-order valence-electron chi connectivity index (χ3n) is 5.81. The molecule has 31 heavy (non-hydrogen) atoms. The third-order valence-corrected chi connectivity index (χ3v) is 7.17. The van der Waals surface area contributed by atoms with Crippen molar-refractivity contribution in [2.24, 2.45) is 0 Å². The number of halogens is 3. The van der Waals surface area contributed by atoms with Gasteiger partial charge in [0.15, 0.2) is 0 Å². The Morgan fingerprint density at radius 1 is 1.19 bits per heavy atom. The molecule has 0 unspecified atom stereocenters. The zero-order chi connectivity index (χ0) is 21.8. The Morgan fingerprint density at radius 3 is 2.81 bits per heavy atom. The predicted octanol–water partition coefficient (Wildman–Crippen LogP) is 4.54. The van der Waals surface area contributed by atoms with Crippen molar-refractivity contribution in [2.75, 3.05) is 32.7 Å². The normalized spacial score (nSPS) is 21.4. The summed E-state index contributed by atoms with van der Waals surface area (Å²) in [6.07, 6.45) is 3.20. The number of amides is 1. The van der Waals surface area contributed by atoms with E-state index < -0.39 is 0 Å². The molecule has 2 aliphatic heterocycles. The Kier molecular flexibility index (Phi) is 7.77. The monoisotopic (exact) mass is 525 g/mol. The molecule has 0 bridgehead atoms. The second-order valence-electron chi connectivity index (χ2n) is 8.14. The van der Waals surface area contributed by atoms with Crippen molar-refractivity contribution in [2.45, 2.75) is 31.4 Å². The lowest BCUT2D eigenvalue weighted by Crippen LogP contribution is -2.37. The summed E-state index contributed by atoms with van der Waals surface area (Å²) in [4.78, 5) is 14.9. The number of carbonyl (C=O) groups excluding carboxylic acids is 1. The maximum Gasteiger partial charge on any atom is 0.251 e.